The normalized spacial score (nSPS) is 23.7. The molecule has 0 N–H and O–H groups in total. The van der Waals surface area contributed by atoms with Crippen molar-refractivity contribution in [3.8, 4) is 5.75 Å². The molecule has 2 aromatic carbocycles. The van der Waals surface area contributed by atoms with Gasteiger partial charge in [-0.15, -0.1) is 0 Å². The predicted octanol–water partition coefficient (Wildman–Crippen LogP) is 2.65. The lowest BCUT2D eigenvalue weighted by molar-refractivity contribution is -0.254. The summed E-state index contributed by atoms with van der Waals surface area (Å²) < 4.78 is 33.7. The van der Waals surface area contributed by atoms with Crippen LogP contribution in [0.3, 0.4) is 0 Å². The Labute approximate surface area is 202 Å². The van der Waals surface area contributed by atoms with Crippen molar-refractivity contribution in [1.29, 1.82) is 0 Å². The van der Waals surface area contributed by atoms with Gasteiger partial charge in [0.1, 0.15) is 24.6 Å². The fourth-order valence-corrected chi connectivity index (χ4v) is 4.21. The summed E-state index contributed by atoms with van der Waals surface area (Å²) in [6.07, 6.45) is -5.78. The molecule has 0 aliphatic carbocycles. The number of hydrogen-bond donors (Lipinski definition) is 0. The highest BCUT2D eigenvalue weighted by molar-refractivity contribution is 5.88. The van der Waals surface area contributed by atoms with Gasteiger partial charge in [0.2, 0.25) is 0 Å². The zero-order valence-electron chi connectivity index (χ0n) is 20.1. The third kappa shape index (κ3) is 6.07. The zero-order valence-corrected chi connectivity index (χ0v) is 20.1. The summed E-state index contributed by atoms with van der Waals surface area (Å²) in [7, 11) is 1.48. The first-order valence-corrected chi connectivity index (χ1v) is 11.0. The highest BCUT2D eigenvalue weighted by Crippen LogP contribution is 2.43. The monoisotopic (exact) mass is 488 g/mol. The third-order valence-corrected chi connectivity index (χ3v) is 5.43. The molecule has 10 nitrogen and oxygen atoms in total. The lowest BCUT2D eigenvalue weighted by Crippen LogP contribution is -2.59. The summed E-state index contributed by atoms with van der Waals surface area (Å²) in [6.45, 7) is 4.48. The minimum absolute atomic E-state index is 0.304. The molecule has 2 aromatic rings. The molecule has 0 amide bonds. The molecule has 1 saturated heterocycles. The van der Waals surface area contributed by atoms with E-state index in [1.807, 2.05) is 30.3 Å². The number of carbonyl (C=O) groups is 4. The fourth-order valence-electron chi connectivity index (χ4n) is 4.21. The summed E-state index contributed by atoms with van der Waals surface area (Å²) in [5.41, 5.74) is 0.531. The van der Waals surface area contributed by atoms with Crippen LogP contribution in [-0.4, -0.2) is 62.0 Å². The van der Waals surface area contributed by atoms with Crippen molar-refractivity contribution in [1.82, 2.24) is 0 Å². The molecule has 1 fully saturated rings. The maximum atomic E-state index is 12.1. The topological polar surface area (TPSA) is 124 Å². The first-order chi connectivity index (χ1) is 16.6. The number of methoxy groups -OCH3 is 1. The van der Waals surface area contributed by atoms with Crippen molar-refractivity contribution in [2.24, 2.45) is 0 Å². The van der Waals surface area contributed by atoms with Gasteiger partial charge in [-0.3, -0.25) is 19.2 Å². The van der Waals surface area contributed by atoms with Crippen LogP contribution in [0.5, 0.6) is 5.75 Å². The van der Waals surface area contributed by atoms with Crippen LogP contribution in [0.25, 0.3) is 10.8 Å². The molecule has 3 rings (SSSR count). The molecule has 0 radical (unpaired) electrons. The van der Waals surface area contributed by atoms with Crippen molar-refractivity contribution < 1.29 is 47.6 Å². The largest absolute Gasteiger partial charge is 0.496 e. The number of rotatable bonds is 7. The lowest BCUT2D eigenvalue weighted by Gasteiger charge is -2.45. The van der Waals surface area contributed by atoms with Crippen molar-refractivity contribution in [3.63, 3.8) is 0 Å². The molecule has 5 atom stereocenters. The van der Waals surface area contributed by atoms with Crippen molar-refractivity contribution in [2.75, 3.05) is 13.7 Å². The number of ether oxygens (including phenoxy) is 6. The van der Waals surface area contributed by atoms with Gasteiger partial charge in [0.25, 0.3) is 0 Å². The molecule has 188 valence electrons. The average molecular weight is 488 g/mol. The zero-order chi connectivity index (χ0) is 25.7. The van der Waals surface area contributed by atoms with Crippen LogP contribution in [0, 0.1) is 0 Å². The van der Waals surface area contributed by atoms with E-state index in [0.29, 0.717) is 11.3 Å². The molecule has 10 heteroatoms. The van der Waals surface area contributed by atoms with E-state index >= 15 is 0 Å². The molecule has 0 saturated carbocycles. The van der Waals surface area contributed by atoms with Crippen LogP contribution in [0.2, 0.25) is 0 Å². The van der Waals surface area contributed by atoms with E-state index in [4.69, 9.17) is 28.4 Å². The summed E-state index contributed by atoms with van der Waals surface area (Å²) in [4.78, 5) is 47.7. The van der Waals surface area contributed by atoms with Crippen LogP contribution in [-0.2, 0) is 42.9 Å². The van der Waals surface area contributed by atoms with Crippen LogP contribution >= 0.6 is 0 Å². The van der Waals surface area contributed by atoms with Crippen LogP contribution in [0.4, 0.5) is 0 Å². The van der Waals surface area contributed by atoms with E-state index < -0.39 is 54.4 Å². The Morgan fingerprint density at radius 2 is 1.37 bits per heavy atom. The molecule has 0 unspecified atom stereocenters. The standard InChI is InChI=1S/C25H28O10/c1-13(26)31-12-20-22(32-14(2)27)24(33-15(3)28)25(34-16(4)29)23(35-20)21-18-9-7-6-8-17(18)10-11-19(21)30-5/h6-11,20,22-25H,12H2,1-5H3/t20-,22+,23+,24+,25+/m1/s1. The number of benzene rings is 2. The Balaban J connectivity index is 2.22. The molecule has 0 bridgehead atoms. The van der Waals surface area contributed by atoms with E-state index in [-0.39, 0.29) is 6.61 Å². The van der Waals surface area contributed by atoms with Crippen LogP contribution < -0.4 is 4.74 Å². The molecular weight excluding hydrogens is 460 g/mol. The van der Waals surface area contributed by atoms with E-state index in [1.54, 1.807) is 6.07 Å². The van der Waals surface area contributed by atoms with Crippen molar-refractivity contribution >= 4 is 34.6 Å². The van der Waals surface area contributed by atoms with E-state index in [9.17, 15) is 19.2 Å². The van der Waals surface area contributed by atoms with Gasteiger partial charge in [-0.1, -0.05) is 30.3 Å². The Morgan fingerprint density at radius 3 is 1.97 bits per heavy atom. The molecule has 0 aromatic heterocycles. The third-order valence-electron chi connectivity index (χ3n) is 5.43. The van der Waals surface area contributed by atoms with Crippen molar-refractivity contribution in [3.05, 3.63) is 42.0 Å². The number of carbonyl (C=O) groups excluding carboxylic acids is 4. The minimum atomic E-state index is -1.26. The second-order valence-corrected chi connectivity index (χ2v) is 8.02. The fraction of sp³-hybridized carbons (Fsp3) is 0.440. The van der Waals surface area contributed by atoms with E-state index in [0.717, 1.165) is 10.8 Å². The summed E-state index contributed by atoms with van der Waals surface area (Å²) >= 11 is 0. The van der Waals surface area contributed by atoms with Crippen LogP contribution in [0.1, 0.15) is 39.4 Å². The van der Waals surface area contributed by atoms with Gasteiger partial charge < -0.3 is 28.4 Å². The smallest absolute Gasteiger partial charge is 0.303 e. The van der Waals surface area contributed by atoms with Crippen LogP contribution in [0.15, 0.2) is 36.4 Å². The predicted molar refractivity (Wildman–Crippen MR) is 121 cm³/mol. The maximum Gasteiger partial charge on any atom is 0.303 e. The van der Waals surface area contributed by atoms with Crippen molar-refractivity contribution in [2.45, 2.75) is 58.2 Å². The molecule has 1 heterocycles. The SMILES string of the molecule is COc1ccc2ccccc2c1[C@@H]1O[C@H](COC(C)=O)[C@H](OC(C)=O)[C@H](OC(C)=O)[C@H]1OC(C)=O. The second-order valence-electron chi connectivity index (χ2n) is 8.02. The molecule has 1 aliphatic rings. The van der Waals surface area contributed by atoms with E-state index in [1.165, 1.54) is 34.8 Å². The van der Waals surface area contributed by atoms with Gasteiger partial charge in [-0.05, 0) is 16.8 Å². The lowest BCUT2D eigenvalue weighted by atomic mass is 9.87. The number of hydrogen-bond acceptors (Lipinski definition) is 10. The van der Waals surface area contributed by atoms with Gasteiger partial charge in [-0.2, -0.15) is 0 Å². The van der Waals surface area contributed by atoms with Gasteiger partial charge in [-0.25, -0.2) is 0 Å². The summed E-state index contributed by atoms with van der Waals surface area (Å²) in [5, 5.41) is 1.60. The summed E-state index contributed by atoms with van der Waals surface area (Å²) in [5.74, 6) is -2.20. The number of esters is 4. The highest BCUT2D eigenvalue weighted by Gasteiger charge is 2.53. The first kappa shape index (κ1) is 26.0. The van der Waals surface area contributed by atoms with Gasteiger partial charge in [0.15, 0.2) is 18.3 Å². The molecule has 0 spiro atoms. The quantitative estimate of drug-likeness (QED) is 0.424. The highest BCUT2D eigenvalue weighted by atomic mass is 16.7. The molecule has 35 heavy (non-hydrogen) atoms. The Kier molecular flexibility index (Phi) is 8.29. The molecule has 1 aliphatic heterocycles. The first-order valence-electron chi connectivity index (χ1n) is 11.0. The summed E-state index contributed by atoms with van der Waals surface area (Å²) in [6, 6.07) is 11.0. The Hall–Kier alpha value is -3.66. The van der Waals surface area contributed by atoms with E-state index in [2.05, 4.69) is 0 Å². The second kappa shape index (κ2) is 11.2. The van der Waals surface area contributed by atoms with Gasteiger partial charge >= 0.3 is 23.9 Å². The number of fused-ring (bicyclic) bond motifs is 1. The van der Waals surface area contributed by atoms with Gasteiger partial charge in [0.05, 0.1) is 7.11 Å². The Morgan fingerprint density at radius 1 is 0.771 bits per heavy atom. The van der Waals surface area contributed by atoms with Gasteiger partial charge in [0, 0.05) is 33.3 Å². The average Bonchev–Trinajstić information content (AvgIpc) is 2.79. The Bertz CT molecular complexity index is 1110. The maximum absolute atomic E-state index is 12.1. The minimum Gasteiger partial charge on any atom is -0.496 e. The molecular formula is C25H28O10.